The number of nitrogens with two attached hydrogens (primary N) is 1. The van der Waals surface area contributed by atoms with Crippen molar-refractivity contribution in [1.29, 1.82) is 0 Å². The largest absolute Gasteiger partial charge is 0.513 e. The van der Waals surface area contributed by atoms with Gasteiger partial charge in [-0.05, 0) is 45.7 Å². The lowest BCUT2D eigenvalue weighted by Gasteiger charge is -2.48. The average Bonchev–Trinajstić information content (AvgIpc) is 2.45. The van der Waals surface area contributed by atoms with Gasteiger partial charge in [0.25, 0.3) is 0 Å². The van der Waals surface area contributed by atoms with Crippen LogP contribution >= 0.6 is 0 Å². The van der Waals surface area contributed by atoms with Crippen LogP contribution in [0.25, 0.3) is 0 Å². The van der Waals surface area contributed by atoms with E-state index < -0.39 is 6.09 Å². The quantitative estimate of drug-likeness (QED) is 0.591. The molecule has 0 saturated carbocycles. The van der Waals surface area contributed by atoms with Crippen molar-refractivity contribution in [3.63, 3.8) is 0 Å². The number of quaternary nitrogens is 1. The van der Waals surface area contributed by atoms with Crippen LogP contribution in [-0.2, 0) is 0 Å². The Morgan fingerprint density at radius 3 is 2.68 bits per heavy atom. The fourth-order valence-corrected chi connectivity index (χ4v) is 3.42. The third-order valence-electron chi connectivity index (χ3n) is 4.91. The smallest absolute Gasteiger partial charge is 0.435 e. The summed E-state index contributed by atoms with van der Waals surface area (Å²) in [5, 5.41) is 13.2. The molecule has 0 aliphatic carbocycles. The summed E-state index contributed by atoms with van der Waals surface area (Å²) in [7, 11) is 0. The molecule has 0 radical (unpaired) electrons. The molecule has 1 aromatic rings. The van der Waals surface area contributed by atoms with Gasteiger partial charge in [-0.2, -0.15) is 4.79 Å². The molecule has 1 aliphatic heterocycles. The maximum absolute atomic E-state index is 11.9. The maximum Gasteiger partial charge on any atom is 0.513 e. The van der Waals surface area contributed by atoms with Gasteiger partial charge in [-0.3, -0.25) is 0 Å². The summed E-state index contributed by atoms with van der Waals surface area (Å²) in [4.78, 5) is 11.9. The highest BCUT2D eigenvalue weighted by Gasteiger charge is 2.50. The van der Waals surface area contributed by atoms with Gasteiger partial charge in [0.2, 0.25) is 0 Å². The van der Waals surface area contributed by atoms with Crippen LogP contribution in [0.4, 0.5) is 16.2 Å². The summed E-state index contributed by atoms with van der Waals surface area (Å²) in [6.07, 6.45) is 1.29. The van der Waals surface area contributed by atoms with Gasteiger partial charge in [0.05, 0.1) is 24.5 Å². The van der Waals surface area contributed by atoms with E-state index in [9.17, 15) is 9.90 Å². The number of anilines is 2. The molecular formula is C17H28N3O2+. The van der Waals surface area contributed by atoms with E-state index in [1.165, 1.54) is 0 Å². The number of nitrogen functional groups attached to an aromatic ring is 1. The summed E-state index contributed by atoms with van der Waals surface area (Å²) in [5.41, 5.74) is 7.31. The highest BCUT2D eigenvalue weighted by Crippen LogP contribution is 2.33. The second-order valence-electron chi connectivity index (χ2n) is 7.30. The van der Waals surface area contributed by atoms with Gasteiger partial charge in [0.15, 0.2) is 0 Å². The number of benzene rings is 1. The minimum Gasteiger partial charge on any atom is -0.435 e. The first-order valence-electron chi connectivity index (χ1n) is 7.95. The van der Waals surface area contributed by atoms with Crippen molar-refractivity contribution in [2.75, 3.05) is 30.7 Å². The van der Waals surface area contributed by atoms with Crippen molar-refractivity contribution in [3.8, 4) is 0 Å². The van der Waals surface area contributed by atoms with E-state index in [-0.39, 0.29) is 10.0 Å². The number of nitrogens with zero attached hydrogens (tertiary/aromatic N) is 1. The number of para-hydroxylation sites is 2. The van der Waals surface area contributed by atoms with Gasteiger partial charge in [0.1, 0.15) is 5.54 Å². The normalized spacial score (nSPS) is 25.7. The first-order valence-corrected chi connectivity index (χ1v) is 7.95. The van der Waals surface area contributed by atoms with Gasteiger partial charge >= 0.3 is 6.09 Å². The number of nitrogens with one attached hydrogen (secondary N) is 1. The van der Waals surface area contributed by atoms with Crippen LogP contribution in [0.3, 0.4) is 0 Å². The van der Waals surface area contributed by atoms with Crippen LogP contribution in [-0.4, -0.2) is 40.9 Å². The number of piperidine rings is 1. The number of carboxylic acid groups (broad SMARTS) is 1. The minimum absolute atomic E-state index is 0.142. The van der Waals surface area contributed by atoms with Crippen LogP contribution in [0.1, 0.15) is 33.6 Å². The summed E-state index contributed by atoms with van der Waals surface area (Å²) in [6, 6.07) is 7.69. The molecule has 0 aromatic heterocycles. The number of carbonyl (C=O) groups is 1. The molecule has 2 rings (SSSR count). The lowest BCUT2D eigenvalue weighted by molar-refractivity contribution is -0.911. The van der Waals surface area contributed by atoms with Crippen LogP contribution < -0.4 is 11.1 Å². The second kappa shape index (κ2) is 6.16. The fraction of sp³-hybridized carbons (Fsp3) is 0.588. The maximum atomic E-state index is 11.9. The zero-order valence-electron chi connectivity index (χ0n) is 13.8. The lowest BCUT2D eigenvalue weighted by Crippen LogP contribution is -2.67. The van der Waals surface area contributed by atoms with Gasteiger partial charge in [-0.25, -0.2) is 4.48 Å². The molecule has 22 heavy (non-hydrogen) atoms. The zero-order valence-corrected chi connectivity index (χ0v) is 13.8. The average molecular weight is 306 g/mol. The molecule has 1 heterocycles. The van der Waals surface area contributed by atoms with Crippen LogP contribution in [0, 0.1) is 5.92 Å². The van der Waals surface area contributed by atoms with Crippen molar-refractivity contribution >= 4 is 17.5 Å². The summed E-state index contributed by atoms with van der Waals surface area (Å²) in [6.45, 7) is 8.20. The lowest BCUT2D eigenvalue weighted by atomic mass is 9.89. The molecule has 1 aromatic carbocycles. The molecule has 5 nitrogen and oxygen atoms in total. The summed E-state index contributed by atoms with van der Waals surface area (Å²) in [5.74, 6) is 0.337. The van der Waals surface area contributed by atoms with E-state index in [2.05, 4.69) is 5.32 Å². The Morgan fingerprint density at radius 2 is 2.09 bits per heavy atom. The third-order valence-corrected chi connectivity index (χ3v) is 4.91. The van der Waals surface area contributed by atoms with Crippen molar-refractivity contribution < 1.29 is 14.4 Å². The highest BCUT2D eigenvalue weighted by molar-refractivity contribution is 5.65. The monoisotopic (exact) mass is 306 g/mol. The topological polar surface area (TPSA) is 75.3 Å². The molecule has 1 saturated heterocycles. The Kier molecular flexibility index (Phi) is 4.66. The van der Waals surface area contributed by atoms with Crippen LogP contribution in [0.15, 0.2) is 24.3 Å². The van der Waals surface area contributed by atoms with Crippen LogP contribution in [0.2, 0.25) is 0 Å². The zero-order chi connectivity index (χ0) is 16.4. The van der Waals surface area contributed by atoms with Crippen molar-refractivity contribution in [1.82, 2.24) is 0 Å². The van der Waals surface area contributed by atoms with Gasteiger partial charge in [-0.1, -0.05) is 12.1 Å². The molecule has 2 atom stereocenters. The Hall–Kier alpha value is -1.75. The molecular weight excluding hydrogens is 278 g/mol. The van der Waals surface area contributed by atoms with E-state index >= 15 is 0 Å². The van der Waals surface area contributed by atoms with E-state index in [4.69, 9.17) is 5.73 Å². The molecule has 1 fully saturated rings. The Labute approximate surface area is 132 Å². The minimum atomic E-state index is -0.712. The van der Waals surface area contributed by atoms with E-state index in [1.54, 1.807) is 0 Å². The molecule has 5 heteroatoms. The molecule has 0 bridgehead atoms. The molecule has 1 amide bonds. The van der Waals surface area contributed by atoms with Crippen LogP contribution in [0.5, 0.6) is 0 Å². The van der Waals surface area contributed by atoms with E-state index in [1.807, 2.05) is 45.0 Å². The van der Waals surface area contributed by atoms with Gasteiger partial charge in [0, 0.05) is 12.5 Å². The predicted octanol–water partition coefficient (Wildman–Crippen LogP) is 3.38. The van der Waals surface area contributed by atoms with Gasteiger partial charge < -0.3 is 16.2 Å². The predicted molar refractivity (Wildman–Crippen MR) is 89.8 cm³/mol. The Bertz CT molecular complexity index is 539. The number of hydrogen-bond donors (Lipinski definition) is 3. The molecule has 1 aliphatic rings. The standard InChI is InChI=1S/C17H27N3O2/c1-17(2,3)20(16(21)22)10-6-7-13(12-20)11-19-15-9-5-4-8-14(15)18/h4-5,8-9,13,19H,6-7,10-12,18H2,1-3H3/p+1/t13-,20?/m0/s1. The van der Waals surface area contributed by atoms with Crippen molar-refractivity contribution in [2.45, 2.75) is 39.2 Å². The number of amides is 1. The summed E-state index contributed by atoms with van der Waals surface area (Å²) < 4.78 is 0.142. The molecule has 122 valence electrons. The van der Waals surface area contributed by atoms with E-state index in [0.29, 0.717) is 19.0 Å². The highest BCUT2D eigenvalue weighted by atomic mass is 16.4. The number of hydrogen-bond acceptors (Lipinski definition) is 3. The van der Waals surface area contributed by atoms with Crippen molar-refractivity contribution in [2.24, 2.45) is 5.92 Å². The SMILES string of the molecule is CC(C)(C)[N+]1(C(=O)O)CCC[C@@H](CNc2ccccc2N)C1. The first-order chi connectivity index (χ1) is 10.3. The van der Waals surface area contributed by atoms with E-state index in [0.717, 1.165) is 30.8 Å². The molecule has 4 N–H and O–H groups in total. The number of rotatable bonds is 3. The Morgan fingerprint density at radius 1 is 1.41 bits per heavy atom. The second-order valence-corrected chi connectivity index (χ2v) is 7.30. The third kappa shape index (κ3) is 3.19. The molecule has 0 spiro atoms. The fourth-order valence-electron chi connectivity index (χ4n) is 3.42. The van der Waals surface area contributed by atoms with Crippen molar-refractivity contribution in [3.05, 3.63) is 24.3 Å². The molecule has 1 unspecified atom stereocenters. The summed E-state index contributed by atoms with van der Waals surface area (Å²) >= 11 is 0. The Balaban J connectivity index is 2.07. The van der Waals surface area contributed by atoms with Gasteiger partial charge in [-0.15, -0.1) is 0 Å². The number of likely N-dealkylation sites (tertiary alicyclic amines) is 1. The first kappa shape index (κ1) is 16.6.